The highest BCUT2D eigenvalue weighted by Gasteiger charge is 2.16. The monoisotopic (exact) mass is 286 g/mol. The number of aliphatic hydroxyl groups is 1. The molecule has 4 nitrogen and oxygen atoms in total. The van der Waals surface area contributed by atoms with Gasteiger partial charge in [0.25, 0.3) is 0 Å². The molecule has 0 spiro atoms. The molecule has 1 unspecified atom stereocenters. The summed E-state index contributed by atoms with van der Waals surface area (Å²) in [6.07, 6.45) is 0.490. The van der Waals surface area contributed by atoms with Gasteiger partial charge in [-0.3, -0.25) is 5.43 Å². The van der Waals surface area contributed by atoms with Crippen LogP contribution < -0.4 is 5.43 Å². The van der Waals surface area contributed by atoms with Crippen LogP contribution in [0.1, 0.15) is 18.4 Å². The molecular weight excluding hydrogens is 271 g/mol. The van der Waals surface area contributed by atoms with Crippen molar-refractivity contribution in [2.45, 2.75) is 19.1 Å². The van der Waals surface area contributed by atoms with Crippen LogP contribution in [0.15, 0.2) is 47.6 Å². The molecule has 5 heteroatoms. The first kappa shape index (κ1) is 13.6. The maximum absolute atomic E-state index is 14.3. The zero-order valence-electron chi connectivity index (χ0n) is 11.3. The van der Waals surface area contributed by atoms with Gasteiger partial charge < -0.3 is 10.2 Å². The molecule has 0 amide bonds. The van der Waals surface area contributed by atoms with Crippen molar-refractivity contribution in [1.29, 1.82) is 0 Å². The molecule has 21 heavy (non-hydrogen) atoms. The first-order valence-corrected chi connectivity index (χ1v) is 6.73. The van der Waals surface area contributed by atoms with E-state index in [2.05, 4.69) is 10.5 Å². The molecule has 0 fully saturated rings. The van der Waals surface area contributed by atoms with Gasteiger partial charge in [0, 0.05) is 16.7 Å². The number of aliphatic hydroxyl groups excluding tert-OH is 1. The van der Waals surface area contributed by atoms with Gasteiger partial charge in [0.05, 0.1) is 5.71 Å². The summed E-state index contributed by atoms with van der Waals surface area (Å²) < 4.78 is 14.3. The molecule has 108 valence electrons. The third-order valence-corrected chi connectivity index (χ3v) is 3.50. The molecule has 0 saturated carbocycles. The van der Waals surface area contributed by atoms with Gasteiger partial charge >= 0.3 is 0 Å². The van der Waals surface area contributed by atoms with Gasteiger partial charge in [0.2, 0.25) is 0 Å². The van der Waals surface area contributed by atoms with Crippen molar-refractivity contribution >= 4 is 5.71 Å². The van der Waals surface area contributed by atoms with E-state index in [0.29, 0.717) is 35.2 Å². The summed E-state index contributed by atoms with van der Waals surface area (Å²) in [7, 11) is 0. The minimum atomic E-state index is -0.640. The first-order valence-electron chi connectivity index (χ1n) is 6.73. The number of aromatic hydroxyl groups is 1. The maximum atomic E-state index is 14.3. The summed E-state index contributed by atoms with van der Waals surface area (Å²) in [5.41, 5.74) is 4.78. The summed E-state index contributed by atoms with van der Waals surface area (Å²) in [5.74, 6) is -0.369. The fourth-order valence-corrected chi connectivity index (χ4v) is 2.37. The Morgan fingerprint density at radius 1 is 1.14 bits per heavy atom. The van der Waals surface area contributed by atoms with E-state index in [1.807, 2.05) is 0 Å². The van der Waals surface area contributed by atoms with Crippen LogP contribution in [-0.4, -0.2) is 22.2 Å². The van der Waals surface area contributed by atoms with Crippen molar-refractivity contribution in [1.82, 2.24) is 5.43 Å². The van der Waals surface area contributed by atoms with Crippen LogP contribution in [0.25, 0.3) is 11.1 Å². The molecule has 2 aromatic carbocycles. The van der Waals surface area contributed by atoms with Crippen molar-refractivity contribution < 1.29 is 14.6 Å². The number of nitrogens with zero attached hydrogens (tertiary/aromatic N) is 1. The van der Waals surface area contributed by atoms with Crippen molar-refractivity contribution in [2.75, 3.05) is 0 Å². The number of halogens is 1. The molecule has 3 N–H and O–H groups in total. The highest BCUT2D eigenvalue weighted by atomic mass is 19.1. The number of rotatable bonds is 2. The zero-order chi connectivity index (χ0) is 14.8. The number of hydrogen-bond acceptors (Lipinski definition) is 4. The van der Waals surface area contributed by atoms with Crippen molar-refractivity contribution in [3.05, 3.63) is 53.8 Å². The highest BCUT2D eigenvalue weighted by molar-refractivity contribution is 6.01. The van der Waals surface area contributed by atoms with Gasteiger partial charge in [-0.1, -0.05) is 30.3 Å². The van der Waals surface area contributed by atoms with Gasteiger partial charge in [-0.15, -0.1) is 0 Å². The lowest BCUT2D eigenvalue weighted by Gasteiger charge is -2.18. The lowest BCUT2D eigenvalue weighted by Crippen LogP contribution is -2.30. The number of hydrazone groups is 1. The third kappa shape index (κ3) is 2.73. The smallest absolute Gasteiger partial charge is 0.140 e. The van der Waals surface area contributed by atoms with Crippen LogP contribution >= 0.6 is 0 Å². The normalized spacial score (nSPS) is 18.0. The van der Waals surface area contributed by atoms with Gasteiger partial charge in [-0.2, -0.15) is 5.10 Å². The van der Waals surface area contributed by atoms with Crippen LogP contribution in [0.4, 0.5) is 4.39 Å². The lowest BCUT2D eigenvalue weighted by atomic mass is 9.98. The number of hydrogen-bond donors (Lipinski definition) is 3. The fraction of sp³-hybridized carbons (Fsp3) is 0.188. The quantitative estimate of drug-likeness (QED) is 0.795. The predicted octanol–water partition coefficient (Wildman–Crippen LogP) is 2.60. The van der Waals surface area contributed by atoms with Gasteiger partial charge in [0.15, 0.2) is 0 Å². The summed E-state index contributed by atoms with van der Waals surface area (Å²) in [6, 6.07) is 11.4. The molecule has 0 aliphatic carbocycles. The Kier molecular flexibility index (Phi) is 3.58. The molecule has 1 atom stereocenters. The van der Waals surface area contributed by atoms with Gasteiger partial charge in [-0.05, 0) is 25.0 Å². The van der Waals surface area contributed by atoms with E-state index < -0.39 is 12.0 Å². The zero-order valence-corrected chi connectivity index (χ0v) is 11.3. The number of phenolic OH excluding ortho intramolecular Hbond substituents is 1. The second-order valence-corrected chi connectivity index (χ2v) is 4.95. The average molecular weight is 286 g/mol. The summed E-state index contributed by atoms with van der Waals surface area (Å²) in [5, 5.41) is 23.2. The number of benzene rings is 2. The third-order valence-electron chi connectivity index (χ3n) is 3.50. The fourth-order valence-electron chi connectivity index (χ4n) is 2.37. The molecule has 2 aromatic rings. The SMILES string of the molecule is Oc1ccccc1-c1ccc(C2=NNC(O)CC2)cc1F. The maximum Gasteiger partial charge on any atom is 0.140 e. The topological polar surface area (TPSA) is 64.9 Å². The Bertz CT molecular complexity index is 700. The number of para-hydroxylation sites is 1. The van der Waals surface area contributed by atoms with E-state index in [9.17, 15) is 14.6 Å². The molecule has 0 aromatic heterocycles. The van der Waals surface area contributed by atoms with E-state index in [1.165, 1.54) is 12.1 Å². The van der Waals surface area contributed by atoms with E-state index in [1.54, 1.807) is 30.3 Å². The number of nitrogens with one attached hydrogen (secondary N) is 1. The molecule has 0 saturated heterocycles. The highest BCUT2D eigenvalue weighted by Crippen LogP contribution is 2.31. The second kappa shape index (κ2) is 5.54. The minimum absolute atomic E-state index is 0.0453. The van der Waals surface area contributed by atoms with Crippen molar-refractivity contribution in [2.24, 2.45) is 5.10 Å². The Hall–Kier alpha value is -2.40. The van der Waals surface area contributed by atoms with E-state index in [-0.39, 0.29) is 5.75 Å². The number of phenols is 1. The summed E-state index contributed by atoms with van der Waals surface area (Å²) in [4.78, 5) is 0. The van der Waals surface area contributed by atoms with Crippen LogP contribution in [0.5, 0.6) is 5.75 Å². The van der Waals surface area contributed by atoms with Crippen LogP contribution in [-0.2, 0) is 0 Å². The molecule has 1 aliphatic heterocycles. The van der Waals surface area contributed by atoms with E-state index in [0.717, 1.165) is 0 Å². The molecule has 3 rings (SSSR count). The summed E-state index contributed by atoms with van der Waals surface area (Å²) in [6.45, 7) is 0. The first-order chi connectivity index (χ1) is 10.1. The van der Waals surface area contributed by atoms with Gasteiger partial charge in [0.1, 0.15) is 17.8 Å². The van der Waals surface area contributed by atoms with Crippen molar-refractivity contribution in [3.8, 4) is 16.9 Å². The molecule has 1 aliphatic rings. The Morgan fingerprint density at radius 3 is 2.62 bits per heavy atom. The van der Waals surface area contributed by atoms with Gasteiger partial charge in [-0.25, -0.2) is 4.39 Å². The van der Waals surface area contributed by atoms with Crippen LogP contribution in [0, 0.1) is 5.82 Å². The van der Waals surface area contributed by atoms with E-state index in [4.69, 9.17) is 0 Å². The minimum Gasteiger partial charge on any atom is -0.507 e. The average Bonchev–Trinajstić information content (AvgIpc) is 2.49. The van der Waals surface area contributed by atoms with E-state index >= 15 is 0 Å². The molecular formula is C16H15FN2O2. The Morgan fingerprint density at radius 2 is 1.95 bits per heavy atom. The standard InChI is InChI=1S/C16H15FN2O2/c17-13-9-10(14-7-8-16(21)19-18-14)5-6-11(13)12-3-1-2-4-15(12)20/h1-6,9,16,19-21H,7-8H2. The van der Waals surface area contributed by atoms with Crippen LogP contribution in [0.2, 0.25) is 0 Å². The predicted molar refractivity (Wildman–Crippen MR) is 78.4 cm³/mol. The Balaban J connectivity index is 1.96. The second-order valence-electron chi connectivity index (χ2n) is 4.95. The Labute approximate surface area is 121 Å². The molecule has 0 bridgehead atoms. The lowest BCUT2D eigenvalue weighted by molar-refractivity contribution is 0.126. The summed E-state index contributed by atoms with van der Waals surface area (Å²) >= 11 is 0. The largest absolute Gasteiger partial charge is 0.507 e. The molecule has 0 radical (unpaired) electrons. The van der Waals surface area contributed by atoms with Crippen molar-refractivity contribution in [3.63, 3.8) is 0 Å². The van der Waals surface area contributed by atoms with Crippen LogP contribution in [0.3, 0.4) is 0 Å². The molecule has 1 heterocycles.